The second-order valence-corrected chi connectivity index (χ2v) is 4.17. The van der Waals surface area contributed by atoms with Gasteiger partial charge in [0, 0.05) is 19.1 Å². The number of aromatic nitrogens is 2. The second-order valence-electron chi connectivity index (χ2n) is 3.90. The van der Waals surface area contributed by atoms with E-state index in [-0.39, 0.29) is 11.4 Å². The summed E-state index contributed by atoms with van der Waals surface area (Å²) in [6, 6.07) is 0. The van der Waals surface area contributed by atoms with Crippen molar-refractivity contribution >= 4 is 17.5 Å². The second kappa shape index (κ2) is 4.66. The molecule has 0 saturated carbocycles. The SMILES string of the molecule is CCC(C)(CCl)NC(=O)c1cnn(C)c1. The van der Waals surface area contributed by atoms with E-state index in [4.69, 9.17) is 11.6 Å². The van der Waals surface area contributed by atoms with Crippen LogP contribution in [0.25, 0.3) is 0 Å². The summed E-state index contributed by atoms with van der Waals surface area (Å²) in [5.41, 5.74) is 0.205. The number of hydrogen-bond donors (Lipinski definition) is 1. The van der Waals surface area contributed by atoms with Crippen LogP contribution in [-0.2, 0) is 7.05 Å². The number of aryl methyl sites for hydroxylation is 1. The molecule has 1 aromatic heterocycles. The molecule has 1 amide bonds. The summed E-state index contributed by atoms with van der Waals surface area (Å²) < 4.78 is 1.60. The third-order valence-electron chi connectivity index (χ3n) is 2.46. The molecule has 0 aliphatic rings. The van der Waals surface area contributed by atoms with E-state index in [0.29, 0.717) is 11.4 Å². The number of nitrogens with zero attached hydrogens (tertiary/aromatic N) is 2. The number of alkyl halides is 1. The Bertz CT molecular complexity index is 344. The van der Waals surface area contributed by atoms with Crippen LogP contribution < -0.4 is 5.32 Å². The first-order chi connectivity index (χ1) is 7.00. The van der Waals surface area contributed by atoms with Crippen LogP contribution in [0.4, 0.5) is 0 Å². The van der Waals surface area contributed by atoms with E-state index in [1.54, 1.807) is 24.1 Å². The average Bonchev–Trinajstić information content (AvgIpc) is 2.65. The molecule has 0 radical (unpaired) electrons. The van der Waals surface area contributed by atoms with E-state index in [2.05, 4.69) is 10.4 Å². The van der Waals surface area contributed by atoms with Crippen molar-refractivity contribution in [2.75, 3.05) is 5.88 Å². The van der Waals surface area contributed by atoms with Crippen LogP contribution >= 0.6 is 11.6 Å². The molecule has 0 spiro atoms. The lowest BCUT2D eigenvalue weighted by Crippen LogP contribution is -2.47. The number of rotatable bonds is 4. The Morgan fingerprint density at radius 1 is 1.73 bits per heavy atom. The monoisotopic (exact) mass is 229 g/mol. The highest BCUT2D eigenvalue weighted by Crippen LogP contribution is 2.12. The van der Waals surface area contributed by atoms with Crippen molar-refractivity contribution in [2.45, 2.75) is 25.8 Å². The van der Waals surface area contributed by atoms with Crippen molar-refractivity contribution in [1.82, 2.24) is 15.1 Å². The van der Waals surface area contributed by atoms with Crippen molar-refractivity contribution in [3.8, 4) is 0 Å². The molecule has 0 fully saturated rings. The van der Waals surface area contributed by atoms with Gasteiger partial charge in [0.05, 0.1) is 17.3 Å². The van der Waals surface area contributed by atoms with E-state index in [1.165, 1.54) is 0 Å². The first-order valence-electron chi connectivity index (χ1n) is 4.88. The maximum Gasteiger partial charge on any atom is 0.254 e. The fraction of sp³-hybridized carbons (Fsp3) is 0.600. The predicted molar refractivity (Wildman–Crippen MR) is 60.1 cm³/mol. The lowest BCUT2D eigenvalue weighted by atomic mass is 10.0. The van der Waals surface area contributed by atoms with Crippen molar-refractivity contribution in [3.05, 3.63) is 18.0 Å². The molecule has 5 heteroatoms. The van der Waals surface area contributed by atoms with Gasteiger partial charge in [-0.15, -0.1) is 11.6 Å². The molecule has 0 aliphatic carbocycles. The zero-order valence-corrected chi connectivity index (χ0v) is 10.0. The minimum atomic E-state index is -0.353. The maximum absolute atomic E-state index is 11.8. The summed E-state index contributed by atoms with van der Waals surface area (Å²) in [7, 11) is 1.78. The fourth-order valence-corrected chi connectivity index (χ4v) is 1.36. The molecule has 15 heavy (non-hydrogen) atoms. The third-order valence-corrected chi connectivity index (χ3v) is 3.05. The van der Waals surface area contributed by atoms with Gasteiger partial charge in [-0.2, -0.15) is 5.10 Å². The molecule has 1 unspecified atom stereocenters. The minimum Gasteiger partial charge on any atom is -0.346 e. The Kier molecular flexibility index (Phi) is 3.74. The van der Waals surface area contributed by atoms with Crippen LogP contribution in [0.1, 0.15) is 30.6 Å². The Labute approximate surface area is 94.6 Å². The van der Waals surface area contributed by atoms with Crippen LogP contribution in [0.5, 0.6) is 0 Å². The van der Waals surface area contributed by atoms with Crippen molar-refractivity contribution < 1.29 is 4.79 Å². The van der Waals surface area contributed by atoms with E-state index in [9.17, 15) is 4.79 Å². The first kappa shape index (κ1) is 12.0. The molecule has 1 heterocycles. The maximum atomic E-state index is 11.8. The highest BCUT2D eigenvalue weighted by molar-refractivity contribution is 6.18. The van der Waals surface area contributed by atoms with Crippen LogP contribution in [0, 0.1) is 0 Å². The summed E-state index contributed by atoms with van der Waals surface area (Å²) in [5.74, 6) is 0.267. The highest BCUT2D eigenvalue weighted by atomic mass is 35.5. The van der Waals surface area contributed by atoms with E-state index in [0.717, 1.165) is 6.42 Å². The number of carbonyl (C=O) groups is 1. The molecule has 0 aliphatic heterocycles. The summed E-state index contributed by atoms with van der Waals surface area (Å²) >= 11 is 5.81. The molecule has 0 saturated heterocycles. The van der Waals surface area contributed by atoms with Gasteiger partial charge in [0.25, 0.3) is 5.91 Å². The van der Waals surface area contributed by atoms with Crippen molar-refractivity contribution in [2.24, 2.45) is 7.05 Å². The van der Waals surface area contributed by atoms with Crippen molar-refractivity contribution in [1.29, 1.82) is 0 Å². The lowest BCUT2D eigenvalue weighted by molar-refractivity contribution is 0.0912. The average molecular weight is 230 g/mol. The van der Waals surface area contributed by atoms with Crippen LogP contribution in [0.15, 0.2) is 12.4 Å². The topological polar surface area (TPSA) is 46.9 Å². The lowest BCUT2D eigenvalue weighted by Gasteiger charge is -2.26. The molecule has 0 aromatic carbocycles. The highest BCUT2D eigenvalue weighted by Gasteiger charge is 2.24. The van der Waals surface area contributed by atoms with E-state index in [1.807, 2.05) is 13.8 Å². The number of halogens is 1. The third kappa shape index (κ3) is 2.96. The van der Waals surface area contributed by atoms with Gasteiger partial charge in [-0.1, -0.05) is 6.92 Å². The number of nitrogens with one attached hydrogen (secondary N) is 1. The molecule has 1 atom stereocenters. The largest absolute Gasteiger partial charge is 0.346 e. The first-order valence-corrected chi connectivity index (χ1v) is 5.41. The number of carbonyl (C=O) groups excluding carboxylic acids is 1. The fourth-order valence-electron chi connectivity index (χ4n) is 1.10. The Morgan fingerprint density at radius 3 is 2.80 bits per heavy atom. The standard InChI is InChI=1S/C10H16ClN3O/c1-4-10(2,7-11)13-9(15)8-5-12-14(3)6-8/h5-6H,4,7H2,1-3H3,(H,13,15). The van der Waals surface area contributed by atoms with Gasteiger partial charge >= 0.3 is 0 Å². The van der Waals surface area contributed by atoms with Gasteiger partial charge < -0.3 is 5.32 Å². The quantitative estimate of drug-likeness (QED) is 0.797. The van der Waals surface area contributed by atoms with E-state index < -0.39 is 0 Å². The summed E-state index contributed by atoms with van der Waals surface area (Å²) in [6.45, 7) is 3.92. The zero-order valence-electron chi connectivity index (χ0n) is 9.25. The van der Waals surface area contributed by atoms with Crippen LogP contribution in [-0.4, -0.2) is 27.1 Å². The summed E-state index contributed by atoms with van der Waals surface area (Å²) in [6.07, 6.45) is 4.02. The molecule has 84 valence electrons. The summed E-state index contributed by atoms with van der Waals surface area (Å²) in [4.78, 5) is 11.8. The Hall–Kier alpha value is -1.03. The molecule has 1 rings (SSSR count). The van der Waals surface area contributed by atoms with Gasteiger partial charge in [0.1, 0.15) is 0 Å². The Morgan fingerprint density at radius 2 is 2.40 bits per heavy atom. The van der Waals surface area contributed by atoms with E-state index >= 15 is 0 Å². The normalized spacial score (nSPS) is 14.7. The van der Waals surface area contributed by atoms with Gasteiger partial charge in [-0.3, -0.25) is 9.48 Å². The van der Waals surface area contributed by atoms with Gasteiger partial charge in [-0.05, 0) is 13.3 Å². The van der Waals surface area contributed by atoms with Gasteiger partial charge in [-0.25, -0.2) is 0 Å². The number of amides is 1. The van der Waals surface area contributed by atoms with Crippen LogP contribution in [0.2, 0.25) is 0 Å². The molecule has 4 nitrogen and oxygen atoms in total. The molecule has 1 aromatic rings. The van der Waals surface area contributed by atoms with Crippen LogP contribution in [0.3, 0.4) is 0 Å². The smallest absolute Gasteiger partial charge is 0.254 e. The summed E-state index contributed by atoms with van der Waals surface area (Å²) in [5, 5.41) is 6.84. The van der Waals surface area contributed by atoms with Gasteiger partial charge in [0.2, 0.25) is 0 Å². The molecule has 1 N–H and O–H groups in total. The molecular weight excluding hydrogens is 214 g/mol. The predicted octanol–water partition coefficient (Wildman–Crippen LogP) is 1.56. The molecule has 0 bridgehead atoms. The Balaban J connectivity index is 2.71. The minimum absolute atomic E-state index is 0.131. The van der Waals surface area contributed by atoms with Gasteiger partial charge in [0.15, 0.2) is 0 Å². The van der Waals surface area contributed by atoms with Crippen molar-refractivity contribution in [3.63, 3.8) is 0 Å². The molecular formula is C10H16ClN3O. The number of hydrogen-bond acceptors (Lipinski definition) is 2. The zero-order chi connectivity index (χ0) is 11.5.